The molecule has 14 heteroatoms. The lowest BCUT2D eigenvalue weighted by Gasteiger charge is -2.20. The molecule has 0 saturated carbocycles. The highest BCUT2D eigenvalue weighted by Crippen LogP contribution is 2.31. The highest BCUT2D eigenvalue weighted by atomic mass is 127. The number of nitrogens with zero attached hydrogens (tertiary/aromatic N) is 1. The molecule has 0 saturated heterocycles. The lowest BCUT2D eigenvalue weighted by atomic mass is 10.1. The number of nitrogens with two attached hydrogens (primary N) is 1. The van der Waals surface area contributed by atoms with Crippen molar-refractivity contribution in [1.29, 1.82) is 0 Å². The van der Waals surface area contributed by atoms with Gasteiger partial charge >= 0.3 is 11.9 Å². The molecule has 0 aliphatic carbocycles. The Labute approximate surface area is 195 Å². The Balaban J connectivity index is 2.76. The average Bonchev–Trinajstić information content (AvgIpc) is 2.72. The predicted molar refractivity (Wildman–Crippen MR) is 120 cm³/mol. The molecule has 0 aliphatic rings. The molecule has 0 aromatic heterocycles. The number of phenols is 1. The number of aromatic hydroxyl groups is 1. The van der Waals surface area contributed by atoms with Gasteiger partial charge in [-0.1, -0.05) is 23.9 Å². The van der Waals surface area contributed by atoms with Crippen LogP contribution in [0.2, 0.25) is 0 Å². The van der Waals surface area contributed by atoms with Crippen LogP contribution in [-0.2, 0) is 19.2 Å². The minimum Gasteiger partial charge on any atom is -0.506 e. The molecule has 3 amide bonds. The van der Waals surface area contributed by atoms with E-state index in [-0.39, 0.29) is 30.0 Å². The molecule has 0 aliphatic heterocycles. The second-order valence-electron chi connectivity index (χ2n) is 6.06. The fourth-order valence-electron chi connectivity index (χ4n) is 2.09. The van der Waals surface area contributed by atoms with Crippen LogP contribution in [0.1, 0.15) is 12.8 Å². The number of carbonyl (C=O) groups excluding carboxylic acids is 3. The lowest BCUT2D eigenvalue weighted by Crippen LogP contribution is -2.49. The smallest absolute Gasteiger partial charge is 0.322 e. The van der Waals surface area contributed by atoms with E-state index in [1.807, 2.05) is 0 Å². The maximum atomic E-state index is 12.4. The van der Waals surface area contributed by atoms with Crippen LogP contribution in [0, 0.1) is 0 Å². The Morgan fingerprint density at radius 3 is 2.39 bits per heavy atom. The van der Waals surface area contributed by atoms with Crippen LogP contribution >= 0.6 is 34.6 Å². The highest BCUT2D eigenvalue weighted by molar-refractivity contribution is 14.1. The van der Waals surface area contributed by atoms with Gasteiger partial charge in [-0.05, 0) is 18.6 Å². The summed E-state index contributed by atoms with van der Waals surface area (Å²) >= 11 is 2.33. The summed E-state index contributed by atoms with van der Waals surface area (Å²) in [5, 5.41) is 31.2. The van der Waals surface area contributed by atoms with Gasteiger partial charge in [-0.3, -0.25) is 24.0 Å². The minimum atomic E-state index is -1.30. The molecule has 2 unspecified atom stereocenters. The molecule has 0 bridgehead atoms. The van der Waals surface area contributed by atoms with Crippen molar-refractivity contribution in [2.75, 3.05) is 15.4 Å². The Morgan fingerprint density at radius 2 is 1.81 bits per heavy atom. The van der Waals surface area contributed by atoms with E-state index in [0.717, 1.165) is 3.11 Å². The molecule has 1 rings (SSSR count). The van der Waals surface area contributed by atoms with Gasteiger partial charge in [0.05, 0.1) is 28.6 Å². The third-order valence-corrected chi connectivity index (χ3v) is 5.91. The summed E-state index contributed by atoms with van der Waals surface area (Å²) in [5.41, 5.74) is 5.56. The van der Waals surface area contributed by atoms with Crippen molar-refractivity contribution >= 4 is 69.3 Å². The van der Waals surface area contributed by atoms with Gasteiger partial charge in [0.2, 0.25) is 11.8 Å². The van der Waals surface area contributed by atoms with Crippen LogP contribution in [-0.4, -0.2) is 68.7 Å². The first-order chi connectivity index (χ1) is 14.5. The van der Waals surface area contributed by atoms with Gasteiger partial charge in [-0.15, -0.1) is 0 Å². The average molecular weight is 568 g/mol. The monoisotopic (exact) mass is 568 g/mol. The van der Waals surface area contributed by atoms with Crippen molar-refractivity contribution < 1.29 is 39.3 Å². The number of para-hydroxylation sites is 2. The second-order valence-corrected chi connectivity index (χ2v) is 8.00. The summed E-state index contributed by atoms with van der Waals surface area (Å²) < 4.78 is 1.12. The second kappa shape index (κ2) is 13.0. The van der Waals surface area contributed by atoms with Crippen LogP contribution in [0.3, 0.4) is 0 Å². The largest absolute Gasteiger partial charge is 0.506 e. The molecule has 170 valence electrons. The van der Waals surface area contributed by atoms with Crippen molar-refractivity contribution in [2.45, 2.75) is 24.9 Å². The quantitative estimate of drug-likeness (QED) is 0.159. The first kappa shape index (κ1) is 26.4. The Morgan fingerprint density at radius 1 is 1.16 bits per heavy atom. The Kier molecular flexibility index (Phi) is 11.1. The van der Waals surface area contributed by atoms with Crippen molar-refractivity contribution in [2.24, 2.45) is 5.73 Å². The SMILES string of the molecule is NC(CCC(=O)NC(CSC(=O)N(I)c1ccccc1O)C(=O)NCC(=O)O)C(=O)O. The maximum absolute atomic E-state index is 12.4. The van der Waals surface area contributed by atoms with Crippen LogP contribution in [0.4, 0.5) is 10.5 Å². The molecule has 0 radical (unpaired) electrons. The number of carboxylic acid groups (broad SMARTS) is 2. The summed E-state index contributed by atoms with van der Waals surface area (Å²) in [4.78, 5) is 58.1. The molecule has 1 aromatic carbocycles. The number of hydrogen-bond acceptors (Lipinski definition) is 8. The maximum Gasteiger partial charge on any atom is 0.322 e. The molecule has 31 heavy (non-hydrogen) atoms. The van der Waals surface area contributed by atoms with Gasteiger partial charge < -0.3 is 31.7 Å². The summed E-state index contributed by atoms with van der Waals surface area (Å²) in [6, 6.07) is 3.56. The number of benzene rings is 1. The van der Waals surface area contributed by atoms with Crippen LogP contribution in [0.25, 0.3) is 0 Å². The van der Waals surface area contributed by atoms with Crippen molar-refractivity contribution in [1.82, 2.24) is 10.6 Å². The van der Waals surface area contributed by atoms with Crippen molar-refractivity contribution in [3.05, 3.63) is 24.3 Å². The van der Waals surface area contributed by atoms with E-state index < -0.39 is 47.6 Å². The van der Waals surface area contributed by atoms with Gasteiger partial charge in [-0.2, -0.15) is 0 Å². The van der Waals surface area contributed by atoms with Gasteiger partial charge in [0.25, 0.3) is 5.24 Å². The fourth-order valence-corrected chi connectivity index (χ4v) is 3.67. The van der Waals surface area contributed by atoms with E-state index >= 15 is 0 Å². The zero-order chi connectivity index (χ0) is 23.6. The van der Waals surface area contributed by atoms with Gasteiger partial charge in [0.15, 0.2) is 0 Å². The van der Waals surface area contributed by atoms with Gasteiger partial charge in [-0.25, -0.2) is 3.11 Å². The normalized spacial score (nSPS) is 12.3. The van der Waals surface area contributed by atoms with Crippen LogP contribution in [0.15, 0.2) is 24.3 Å². The third-order valence-electron chi connectivity index (χ3n) is 3.69. The standard InChI is InChI=1S/C17H21IN4O8S/c18-22(11-3-1-2-4-12(11)23)17(30)31-8-10(15(27)20-7-14(25)26)21-13(24)6-5-9(19)16(28)29/h1-4,9-10,23H,5-8,19H2,(H,20,27)(H,21,24)(H,25,26)(H,28,29). The van der Waals surface area contributed by atoms with E-state index in [1.54, 1.807) is 35.0 Å². The van der Waals surface area contributed by atoms with Crippen molar-refractivity contribution in [3.63, 3.8) is 0 Å². The van der Waals surface area contributed by atoms with E-state index in [4.69, 9.17) is 15.9 Å². The number of carbonyl (C=O) groups is 5. The first-order valence-electron chi connectivity index (χ1n) is 8.70. The summed E-state index contributed by atoms with van der Waals surface area (Å²) in [5.74, 6) is -4.48. The van der Waals surface area contributed by atoms with E-state index in [1.165, 1.54) is 12.1 Å². The fraction of sp³-hybridized carbons (Fsp3) is 0.353. The number of rotatable bonds is 11. The summed E-state index contributed by atoms with van der Waals surface area (Å²) in [7, 11) is 0. The van der Waals surface area contributed by atoms with Crippen molar-refractivity contribution in [3.8, 4) is 5.75 Å². The minimum absolute atomic E-state index is 0.135. The van der Waals surface area contributed by atoms with Crippen LogP contribution < -0.4 is 19.5 Å². The zero-order valence-corrected chi connectivity index (χ0v) is 19.0. The Hall–Kier alpha value is -2.59. The molecule has 2 atom stereocenters. The predicted octanol–water partition coefficient (Wildman–Crippen LogP) is 0.279. The zero-order valence-electron chi connectivity index (χ0n) is 16.0. The number of carboxylic acids is 2. The third kappa shape index (κ3) is 9.39. The number of anilines is 1. The topological polar surface area (TPSA) is 199 Å². The Bertz CT molecular complexity index is 840. The molecule has 0 heterocycles. The summed E-state index contributed by atoms with van der Waals surface area (Å²) in [6.07, 6.45) is -0.462. The molecule has 12 nitrogen and oxygen atoms in total. The van der Waals surface area contributed by atoms with Crippen LogP contribution in [0.5, 0.6) is 5.75 Å². The first-order valence-corrected chi connectivity index (χ1v) is 10.7. The molecular formula is C17H21IN4O8S. The molecule has 0 spiro atoms. The number of halogens is 1. The molecule has 1 aromatic rings. The van der Waals surface area contributed by atoms with Gasteiger partial charge in [0, 0.05) is 12.2 Å². The number of phenolic OH excluding ortho intramolecular Hbond substituents is 1. The van der Waals surface area contributed by atoms with E-state index in [0.29, 0.717) is 11.8 Å². The summed E-state index contributed by atoms with van der Waals surface area (Å²) in [6.45, 7) is -0.690. The molecule has 0 fully saturated rings. The number of aliphatic carboxylic acids is 2. The molecular weight excluding hydrogens is 547 g/mol. The highest BCUT2D eigenvalue weighted by Gasteiger charge is 2.25. The number of hydrogen-bond donors (Lipinski definition) is 6. The van der Waals surface area contributed by atoms with E-state index in [2.05, 4.69) is 10.6 Å². The molecule has 7 N–H and O–H groups in total. The number of thioether (sulfide) groups is 1. The van der Waals surface area contributed by atoms with E-state index in [9.17, 15) is 29.1 Å². The van der Waals surface area contributed by atoms with Gasteiger partial charge in [0.1, 0.15) is 24.4 Å². The number of nitrogens with one attached hydrogen (secondary N) is 2. The lowest BCUT2D eigenvalue weighted by molar-refractivity contribution is -0.139. The number of amides is 3.